The minimum Gasteiger partial charge on any atom is -0.493 e. The fraction of sp³-hybridized carbons (Fsp3) is 0.333. The van der Waals surface area contributed by atoms with E-state index in [9.17, 15) is 13.2 Å². The molecule has 0 saturated carbocycles. The molecular formula is C12H14F3NO. The van der Waals surface area contributed by atoms with E-state index in [1.807, 2.05) is 0 Å². The second-order valence-electron chi connectivity index (χ2n) is 3.46. The molecule has 0 atom stereocenters. The van der Waals surface area contributed by atoms with Crippen LogP contribution in [-0.2, 0) is 12.7 Å². The summed E-state index contributed by atoms with van der Waals surface area (Å²) in [5, 5.41) is 0. The van der Waals surface area contributed by atoms with Crippen LogP contribution in [0, 0.1) is 0 Å². The summed E-state index contributed by atoms with van der Waals surface area (Å²) >= 11 is 0. The minimum absolute atomic E-state index is 0.0655. The summed E-state index contributed by atoms with van der Waals surface area (Å²) in [5.41, 5.74) is 4.95. The van der Waals surface area contributed by atoms with Crippen molar-refractivity contribution >= 4 is 0 Å². The van der Waals surface area contributed by atoms with Crippen LogP contribution < -0.4 is 10.5 Å². The second-order valence-corrected chi connectivity index (χ2v) is 3.46. The lowest BCUT2D eigenvalue weighted by molar-refractivity contribution is -0.139. The maximum atomic E-state index is 12.7. The van der Waals surface area contributed by atoms with E-state index in [4.69, 9.17) is 10.5 Å². The van der Waals surface area contributed by atoms with Gasteiger partial charge < -0.3 is 10.5 Å². The molecule has 1 aromatic rings. The van der Waals surface area contributed by atoms with Gasteiger partial charge in [0.25, 0.3) is 0 Å². The fourth-order valence-electron chi connectivity index (χ4n) is 1.30. The third-order valence-corrected chi connectivity index (χ3v) is 2.16. The summed E-state index contributed by atoms with van der Waals surface area (Å²) in [5.74, 6) is -0.170. The Morgan fingerprint density at radius 2 is 2.06 bits per heavy atom. The molecular weight excluding hydrogens is 231 g/mol. The van der Waals surface area contributed by atoms with Gasteiger partial charge in [0.05, 0.1) is 12.2 Å². The first-order chi connectivity index (χ1) is 7.99. The maximum absolute atomic E-state index is 12.7. The summed E-state index contributed by atoms with van der Waals surface area (Å²) in [6, 6.07) is 3.84. The highest BCUT2D eigenvalue weighted by Crippen LogP contribution is 2.36. The van der Waals surface area contributed by atoms with E-state index in [2.05, 4.69) is 6.58 Å². The molecule has 0 unspecified atom stereocenters. The Hall–Kier alpha value is -1.49. The van der Waals surface area contributed by atoms with E-state index in [-0.39, 0.29) is 18.9 Å². The predicted octanol–water partition coefficient (Wildman–Crippen LogP) is 3.12. The van der Waals surface area contributed by atoms with E-state index in [1.165, 1.54) is 12.1 Å². The van der Waals surface area contributed by atoms with Crippen molar-refractivity contribution in [3.05, 3.63) is 42.0 Å². The van der Waals surface area contributed by atoms with Crippen molar-refractivity contribution in [2.75, 3.05) is 6.61 Å². The smallest absolute Gasteiger partial charge is 0.419 e. The van der Waals surface area contributed by atoms with Crippen LogP contribution in [0.1, 0.15) is 17.5 Å². The van der Waals surface area contributed by atoms with Gasteiger partial charge >= 0.3 is 6.18 Å². The van der Waals surface area contributed by atoms with E-state index in [0.29, 0.717) is 12.0 Å². The molecule has 2 nitrogen and oxygen atoms in total. The van der Waals surface area contributed by atoms with E-state index >= 15 is 0 Å². The summed E-state index contributed by atoms with van der Waals surface area (Å²) < 4.78 is 43.3. The molecule has 1 aromatic carbocycles. The molecule has 0 heterocycles. The Labute approximate surface area is 97.9 Å². The van der Waals surface area contributed by atoms with E-state index < -0.39 is 11.7 Å². The molecule has 5 heteroatoms. The fourth-order valence-corrected chi connectivity index (χ4v) is 1.30. The molecule has 0 aliphatic rings. The predicted molar refractivity (Wildman–Crippen MR) is 59.6 cm³/mol. The molecule has 0 aromatic heterocycles. The largest absolute Gasteiger partial charge is 0.493 e. The van der Waals surface area contributed by atoms with Crippen molar-refractivity contribution in [1.82, 2.24) is 0 Å². The number of rotatable bonds is 5. The Kier molecular flexibility index (Phi) is 4.57. The van der Waals surface area contributed by atoms with Crippen LogP contribution in [0.4, 0.5) is 13.2 Å². The first-order valence-corrected chi connectivity index (χ1v) is 5.13. The normalized spacial score (nSPS) is 11.3. The number of alkyl halides is 3. The molecule has 2 N–H and O–H groups in total. The third kappa shape index (κ3) is 3.78. The monoisotopic (exact) mass is 245 g/mol. The SMILES string of the molecule is C=CCCOc1ccc(CN)cc1C(F)(F)F. The molecule has 0 radical (unpaired) electrons. The van der Waals surface area contributed by atoms with Crippen LogP contribution in [0.2, 0.25) is 0 Å². The highest BCUT2D eigenvalue weighted by Gasteiger charge is 2.34. The van der Waals surface area contributed by atoms with Gasteiger partial charge in [-0.2, -0.15) is 13.2 Å². The molecule has 0 aliphatic carbocycles. The lowest BCUT2D eigenvalue weighted by Gasteiger charge is -2.14. The zero-order valence-corrected chi connectivity index (χ0v) is 9.26. The number of hydrogen-bond donors (Lipinski definition) is 1. The quantitative estimate of drug-likeness (QED) is 0.639. The van der Waals surface area contributed by atoms with Gasteiger partial charge in [-0.15, -0.1) is 6.58 Å². The number of nitrogens with two attached hydrogens (primary N) is 1. The molecule has 0 bridgehead atoms. The summed E-state index contributed by atoms with van der Waals surface area (Å²) in [4.78, 5) is 0. The Morgan fingerprint density at radius 1 is 1.35 bits per heavy atom. The number of benzene rings is 1. The van der Waals surface area contributed by atoms with Crippen molar-refractivity contribution in [2.45, 2.75) is 19.1 Å². The van der Waals surface area contributed by atoms with Crippen LogP contribution in [0.5, 0.6) is 5.75 Å². The Morgan fingerprint density at radius 3 is 2.59 bits per heavy atom. The standard InChI is InChI=1S/C12H14F3NO/c1-2-3-6-17-11-5-4-9(8-16)7-10(11)12(13,14)15/h2,4-5,7H,1,3,6,8,16H2. The van der Waals surface area contributed by atoms with Gasteiger partial charge in [0.2, 0.25) is 0 Å². The van der Waals surface area contributed by atoms with Crippen LogP contribution in [0.25, 0.3) is 0 Å². The average molecular weight is 245 g/mol. The first-order valence-electron chi connectivity index (χ1n) is 5.13. The molecule has 17 heavy (non-hydrogen) atoms. The van der Waals surface area contributed by atoms with Crippen molar-refractivity contribution in [1.29, 1.82) is 0 Å². The minimum atomic E-state index is -4.44. The highest BCUT2D eigenvalue weighted by atomic mass is 19.4. The lowest BCUT2D eigenvalue weighted by Crippen LogP contribution is -2.10. The molecule has 0 amide bonds. The third-order valence-electron chi connectivity index (χ3n) is 2.16. The Bertz CT molecular complexity index is 388. The number of halogens is 3. The zero-order valence-electron chi connectivity index (χ0n) is 9.26. The lowest BCUT2D eigenvalue weighted by atomic mass is 10.1. The van der Waals surface area contributed by atoms with E-state index in [1.54, 1.807) is 6.08 Å². The summed E-state index contributed by atoms with van der Waals surface area (Å²) in [7, 11) is 0. The van der Waals surface area contributed by atoms with Crippen molar-refractivity contribution in [2.24, 2.45) is 5.73 Å². The Balaban J connectivity index is 2.98. The van der Waals surface area contributed by atoms with Crippen LogP contribution in [0.3, 0.4) is 0 Å². The second kappa shape index (κ2) is 5.72. The average Bonchev–Trinajstić information content (AvgIpc) is 2.28. The highest BCUT2D eigenvalue weighted by molar-refractivity contribution is 5.39. The number of ether oxygens (including phenoxy) is 1. The summed E-state index contributed by atoms with van der Waals surface area (Å²) in [6.07, 6.45) is -2.36. The van der Waals surface area contributed by atoms with Gasteiger partial charge in [-0.1, -0.05) is 12.1 Å². The molecule has 1 rings (SSSR count). The first kappa shape index (κ1) is 13.6. The van der Waals surface area contributed by atoms with Gasteiger partial charge in [0.15, 0.2) is 0 Å². The number of hydrogen-bond acceptors (Lipinski definition) is 2. The molecule has 94 valence electrons. The van der Waals surface area contributed by atoms with Gasteiger partial charge in [0, 0.05) is 6.54 Å². The van der Waals surface area contributed by atoms with Crippen molar-refractivity contribution < 1.29 is 17.9 Å². The molecule has 0 saturated heterocycles. The van der Waals surface area contributed by atoms with Crippen molar-refractivity contribution in [3.63, 3.8) is 0 Å². The van der Waals surface area contributed by atoms with Crippen molar-refractivity contribution in [3.8, 4) is 5.75 Å². The van der Waals surface area contributed by atoms with Crippen LogP contribution >= 0.6 is 0 Å². The van der Waals surface area contributed by atoms with Gasteiger partial charge in [0.1, 0.15) is 5.75 Å². The van der Waals surface area contributed by atoms with Crippen LogP contribution in [-0.4, -0.2) is 6.61 Å². The van der Waals surface area contributed by atoms with Gasteiger partial charge in [-0.05, 0) is 24.1 Å². The van der Waals surface area contributed by atoms with Gasteiger partial charge in [-0.3, -0.25) is 0 Å². The molecule has 0 fully saturated rings. The summed E-state index contributed by atoms with van der Waals surface area (Å²) in [6.45, 7) is 3.71. The van der Waals surface area contributed by atoms with E-state index in [0.717, 1.165) is 6.07 Å². The molecule has 0 aliphatic heterocycles. The van der Waals surface area contributed by atoms with Crippen LogP contribution in [0.15, 0.2) is 30.9 Å². The molecule has 0 spiro atoms. The topological polar surface area (TPSA) is 35.2 Å². The zero-order chi connectivity index (χ0) is 12.9. The maximum Gasteiger partial charge on any atom is 0.419 e. The van der Waals surface area contributed by atoms with Gasteiger partial charge in [-0.25, -0.2) is 0 Å².